The minimum Gasteiger partial charge on any atom is -0.322 e. The molecule has 13 heteroatoms. The Hall–Kier alpha value is -4.15. The number of nitrogens with one attached hydrogen (secondary N) is 1. The number of hydrogen-bond acceptors (Lipinski definition) is 8. The number of imidazole rings is 1. The van der Waals surface area contributed by atoms with Crippen LogP contribution in [0.4, 0.5) is 10.1 Å². The molecular weight excluding hydrogens is 513 g/mol. The third kappa shape index (κ3) is 4.75. The Morgan fingerprint density at radius 2 is 2.13 bits per heavy atom. The largest absolute Gasteiger partial charge is 0.322 e. The summed E-state index contributed by atoms with van der Waals surface area (Å²) in [7, 11) is -1.88. The summed E-state index contributed by atoms with van der Waals surface area (Å²) in [5, 5.41) is 20.4. The van der Waals surface area contributed by atoms with Crippen molar-refractivity contribution in [3.63, 3.8) is 0 Å². The van der Waals surface area contributed by atoms with Gasteiger partial charge >= 0.3 is 0 Å². The number of nitriles is 1. The molecule has 1 aliphatic rings. The second kappa shape index (κ2) is 9.62. The van der Waals surface area contributed by atoms with Gasteiger partial charge in [-0.2, -0.15) is 18.1 Å². The van der Waals surface area contributed by atoms with Gasteiger partial charge in [-0.15, -0.1) is 10.2 Å². The van der Waals surface area contributed by atoms with Crippen LogP contribution in [0.15, 0.2) is 49.1 Å². The van der Waals surface area contributed by atoms with Gasteiger partial charge in [0.25, 0.3) is 16.0 Å². The first-order valence-electron chi connectivity index (χ1n) is 11.7. The number of fused-ring (bicyclic) bond motifs is 1. The zero-order valence-corrected chi connectivity index (χ0v) is 21.4. The molecule has 1 N–H and O–H groups in total. The lowest BCUT2D eigenvalue weighted by Gasteiger charge is -2.46. The van der Waals surface area contributed by atoms with Crippen LogP contribution in [-0.4, -0.2) is 44.7 Å². The number of nitrogens with zero attached hydrogens (tertiary/aromatic N) is 6. The first kappa shape index (κ1) is 25.5. The molecule has 1 aliphatic carbocycles. The van der Waals surface area contributed by atoms with Gasteiger partial charge in [-0.25, -0.2) is 4.98 Å². The summed E-state index contributed by atoms with van der Waals surface area (Å²) in [5.41, 5.74) is 1.38. The van der Waals surface area contributed by atoms with Crippen LogP contribution in [0.5, 0.6) is 0 Å². The SMILES string of the molecule is Cn1cnnc1C1(c2cccc(NC(=O)c3cc(COS(C)(=O)=O)cn4c(F)cnc34)c2)CC(CC#N)C1. The summed E-state index contributed by atoms with van der Waals surface area (Å²) in [6, 6.07) is 11.0. The summed E-state index contributed by atoms with van der Waals surface area (Å²) in [6.07, 6.45) is 6.75. The number of carbonyl (C=O) groups excluding carboxylic acids is 1. The summed E-state index contributed by atoms with van der Waals surface area (Å²) < 4.78 is 44.9. The van der Waals surface area contributed by atoms with E-state index >= 15 is 0 Å². The van der Waals surface area contributed by atoms with Crippen LogP contribution in [0.3, 0.4) is 0 Å². The normalized spacial score (nSPS) is 19.2. The minimum atomic E-state index is -3.75. The molecule has 0 radical (unpaired) electrons. The fraction of sp³-hybridized carbons (Fsp3) is 0.320. The second-order valence-electron chi connectivity index (χ2n) is 9.52. The van der Waals surface area contributed by atoms with E-state index in [2.05, 4.69) is 26.6 Å². The van der Waals surface area contributed by atoms with Crippen LogP contribution in [-0.2, 0) is 33.4 Å². The Balaban J connectivity index is 1.46. The van der Waals surface area contributed by atoms with Crippen LogP contribution >= 0.6 is 0 Å². The molecule has 3 heterocycles. The number of pyridine rings is 1. The van der Waals surface area contributed by atoms with Gasteiger partial charge in [-0.1, -0.05) is 12.1 Å². The highest BCUT2D eigenvalue weighted by atomic mass is 32.2. The molecule has 0 saturated heterocycles. The second-order valence-corrected chi connectivity index (χ2v) is 11.2. The monoisotopic (exact) mass is 537 g/mol. The van der Waals surface area contributed by atoms with Crippen molar-refractivity contribution in [3.8, 4) is 6.07 Å². The van der Waals surface area contributed by atoms with Gasteiger partial charge in [-0.05, 0) is 48.1 Å². The highest BCUT2D eigenvalue weighted by Crippen LogP contribution is 2.53. The Morgan fingerprint density at radius 1 is 1.34 bits per heavy atom. The molecule has 11 nitrogen and oxygen atoms in total. The maximum absolute atomic E-state index is 14.3. The molecule has 5 rings (SSSR count). The van der Waals surface area contributed by atoms with E-state index in [4.69, 9.17) is 9.44 Å². The Labute approximate surface area is 218 Å². The summed E-state index contributed by atoms with van der Waals surface area (Å²) in [5.74, 6) is -0.249. The molecule has 1 saturated carbocycles. The topological polar surface area (TPSA) is 144 Å². The molecule has 196 valence electrons. The molecule has 0 spiro atoms. The number of hydrogen-bond donors (Lipinski definition) is 1. The van der Waals surface area contributed by atoms with Gasteiger partial charge in [0.05, 0.1) is 36.1 Å². The van der Waals surface area contributed by atoms with E-state index in [9.17, 15) is 17.6 Å². The molecule has 0 atom stereocenters. The number of halogens is 1. The maximum atomic E-state index is 14.3. The molecule has 1 fully saturated rings. The van der Waals surface area contributed by atoms with Crippen molar-refractivity contribution in [2.45, 2.75) is 31.3 Å². The van der Waals surface area contributed by atoms with Crippen molar-refractivity contribution >= 4 is 27.4 Å². The highest BCUT2D eigenvalue weighted by Gasteiger charge is 2.49. The van der Waals surface area contributed by atoms with E-state index in [1.807, 2.05) is 29.8 Å². The number of amides is 1. The maximum Gasteiger partial charge on any atom is 0.264 e. The number of aryl methyl sites for hydroxylation is 1. The average Bonchev–Trinajstić information content (AvgIpc) is 3.44. The van der Waals surface area contributed by atoms with Crippen LogP contribution in [0, 0.1) is 23.2 Å². The van der Waals surface area contributed by atoms with Crippen molar-refractivity contribution in [3.05, 3.63) is 77.5 Å². The van der Waals surface area contributed by atoms with Gasteiger partial charge in [-0.3, -0.25) is 13.4 Å². The Bertz CT molecular complexity index is 1680. The molecule has 1 amide bonds. The Morgan fingerprint density at radius 3 is 2.82 bits per heavy atom. The van der Waals surface area contributed by atoms with Gasteiger partial charge < -0.3 is 9.88 Å². The predicted octanol–water partition coefficient (Wildman–Crippen LogP) is 2.94. The first-order chi connectivity index (χ1) is 18.1. The number of anilines is 1. The number of carbonyl (C=O) groups is 1. The molecule has 38 heavy (non-hydrogen) atoms. The van der Waals surface area contributed by atoms with E-state index in [1.54, 1.807) is 12.4 Å². The van der Waals surface area contributed by atoms with Crippen LogP contribution in [0.25, 0.3) is 5.65 Å². The number of aromatic nitrogens is 5. The zero-order chi connectivity index (χ0) is 27.1. The van der Waals surface area contributed by atoms with E-state index in [0.29, 0.717) is 12.1 Å². The van der Waals surface area contributed by atoms with E-state index in [-0.39, 0.29) is 29.3 Å². The molecule has 0 bridgehead atoms. The average molecular weight is 538 g/mol. The van der Waals surface area contributed by atoms with Gasteiger partial charge in [0.1, 0.15) is 12.2 Å². The standard InChI is InChI=1S/C25H24FN7O4S/c1-32-15-29-31-24(32)25(10-16(11-25)6-7-27)18-4-3-5-19(9-18)30-23(34)20-8-17(14-37-38(2,35)36)13-33-21(26)12-28-22(20)33/h3-5,8-9,12-13,15-16H,6,10-11,14H2,1-2H3,(H,30,34). The lowest BCUT2D eigenvalue weighted by Crippen LogP contribution is -2.44. The predicted molar refractivity (Wildman–Crippen MR) is 134 cm³/mol. The number of benzene rings is 1. The van der Waals surface area contributed by atoms with Crippen LogP contribution < -0.4 is 5.32 Å². The molecule has 1 aromatic carbocycles. The van der Waals surface area contributed by atoms with Crippen molar-refractivity contribution in [2.75, 3.05) is 11.6 Å². The summed E-state index contributed by atoms with van der Waals surface area (Å²) in [6.45, 7) is -0.369. The molecule has 0 aliphatic heterocycles. The highest BCUT2D eigenvalue weighted by molar-refractivity contribution is 7.85. The third-order valence-corrected chi connectivity index (χ3v) is 7.31. The van der Waals surface area contributed by atoms with Crippen molar-refractivity contribution in [1.29, 1.82) is 5.26 Å². The lowest BCUT2D eigenvalue weighted by atomic mass is 9.57. The van der Waals surface area contributed by atoms with Crippen molar-refractivity contribution in [1.82, 2.24) is 24.1 Å². The van der Waals surface area contributed by atoms with Crippen LogP contribution in [0.2, 0.25) is 0 Å². The van der Waals surface area contributed by atoms with Gasteiger partial charge in [0, 0.05) is 25.4 Å². The van der Waals surface area contributed by atoms with E-state index in [1.165, 1.54) is 12.3 Å². The first-order valence-corrected chi connectivity index (χ1v) is 13.5. The fourth-order valence-corrected chi connectivity index (χ4v) is 5.44. The quantitative estimate of drug-likeness (QED) is 0.338. The summed E-state index contributed by atoms with van der Waals surface area (Å²) in [4.78, 5) is 17.3. The van der Waals surface area contributed by atoms with Crippen molar-refractivity contribution in [2.24, 2.45) is 13.0 Å². The number of rotatable bonds is 8. The third-order valence-electron chi connectivity index (χ3n) is 6.77. The molecule has 4 aromatic rings. The lowest BCUT2D eigenvalue weighted by molar-refractivity contribution is 0.102. The van der Waals surface area contributed by atoms with E-state index < -0.39 is 27.4 Å². The van der Waals surface area contributed by atoms with Crippen LogP contribution in [0.1, 0.15) is 46.6 Å². The Kier molecular flexibility index (Phi) is 6.46. The van der Waals surface area contributed by atoms with E-state index in [0.717, 1.165) is 41.1 Å². The fourth-order valence-electron chi connectivity index (χ4n) is 5.09. The smallest absolute Gasteiger partial charge is 0.264 e. The van der Waals surface area contributed by atoms with Crippen molar-refractivity contribution < 1.29 is 21.8 Å². The molecule has 3 aromatic heterocycles. The minimum absolute atomic E-state index is 0.0506. The van der Waals surface area contributed by atoms with Gasteiger partial charge in [0.15, 0.2) is 5.65 Å². The zero-order valence-electron chi connectivity index (χ0n) is 20.6. The summed E-state index contributed by atoms with van der Waals surface area (Å²) >= 11 is 0. The molecular formula is C25H24FN7O4S. The van der Waals surface area contributed by atoms with Gasteiger partial charge in [0.2, 0.25) is 5.95 Å². The molecule has 0 unspecified atom stereocenters.